The molecule has 1 fully saturated rings. The van der Waals surface area contributed by atoms with Gasteiger partial charge in [0.2, 0.25) is 5.91 Å². The van der Waals surface area contributed by atoms with Gasteiger partial charge < -0.3 is 15.2 Å². The molecule has 0 saturated heterocycles. The number of rotatable bonds is 6. The smallest absolute Gasteiger partial charge is 0.325 e. The molecule has 1 amide bonds. The van der Waals surface area contributed by atoms with Gasteiger partial charge >= 0.3 is 11.9 Å². The third kappa shape index (κ3) is 4.22. The Hall–Kier alpha value is -1.59. The third-order valence-corrected chi connectivity index (χ3v) is 3.60. The van der Waals surface area contributed by atoms with Gasteiger partial charge in [0.1, 0.15) is 6.54 Å². The van der Waals surface area contributed by atoms with Crippen LogP contribution in [0.4, 0.5) is 0 Å². The van der Waals surface area contributed by atoms with Gasteiger partial charge in [-0.15, -0.1) is 0 Å². The van der Waals surface area contributed by atoms with E-state index in [1.54, 1.807) is 6.92 Å². The van der Waals surface area contributed by atoms with Crippen molar-refractivity contribution in [2.75, 3.05) is 13.2 Å². The molecule has 1 aliphatic rings. The molecule has 19 heavy (non-hydrogen) atoms. The molecule has 0 aliphatic heterocycles. The molecule has 3 unspecified atom stereocenters. The molecule has 108 valence electrons. The van der Waals surface area contributed by atoms with Crippen molar-refractivity contribution in [3.63, 3.8) is 0 Å². The van der Waals surface area contributed by atoms with Crippen molar-refractivity contribution in [3.05, 3.63) is 0 Å². The van der Waals surface area contributed by atoms with Crippen LogP contribution in [-0.4, -0.2) is 36.1 Å². The predicted molar refractivity (Wildman–Crippen MR) is 67.3 cm³/mol. The van der Waals surface area contributed by atoms with E-state index in [2.05, 4.69) is 5.32 Å². The van der Waals surface area contributed by atoms with Gasteiger partial charge in [-0.2, -0.15) is 0 Å². The van der Waals surface area contributed by atoms with Gasteiger partial charge in [-0.05, 0) is 25.7 Å². The zero-order valence-corrected chi connectivity index (χ0v) is 11.3. The average Bonchev–Trinajstić information content (AvgIpc) is 2.80. The summed E-state index contributed by atoms with van der Waals surface area (Å²) in [7, 11) is 0. The van der Waals surface area contributed by atoms with E-state index < -0.39 is 23.8 Å². The molecule has 1 aliphatic carbocycles. The maximum atomic E-state index is 11.9. The SMILES string of the molecule is CCOC(=O)CNC(=O)C1CC(CC)CC1C(=O)O. The molecule has 0 radical (unpaired) electrons. The molecule has 0 heterocycles. The van der Waals surface area contributed by atoms with E-state index in [0.717, 1.165) is 6.42 Å². The van der Waals surface area contributed by atoms with Gasteiger partial charge in [0.25, 0.3) is 0 Å². The number of carboxylic acid groups (broad SMARTS) is 1. The second-order valence-electron chi connectivity index (χ2n) is 4.82. The van der Waals surface area contributed by atoms with Crippen LogP contribution < -0.4 is 5.32 Å². The van der Waals surface area contributed by atoms with Crippen molar-refractivity contribution in [2.45, 2.75) is 33.1 Å². The van der Waals surface area contributed by atoms with Crippen LogP contribution in [0.15, 0.2) is 0 Å². The first kappa shape index (κ1) is 15.5. The summed E-state index contributed by atoms with van der Waals surface area (Å²) in [4.78, 5) is 34.2. The number of aliphatic carboxylic acids is 1. The van der Waals surface area contributed by atoms with E-state index in [-0.39, 0.29) is 25.0 Å². The van der Waals surface area contributed by atoms with Gasteiger partial charge in [-0.25, -0.2) is 0 Å². The molecule has 0 aromatic carbocycles. The lowest BCUT2D eigenvalue weighted by molar-refractivity contribution is -0.147. The molecule has 0 bridgehead atoms. The van der Waals surface area contributed by atoms with Crippen molar-refractivity contribution in [1.29, 1.82) is 0 Å². The number of nitrogens with one attached hydrogen (secondary N) is 1. The third-order valence-electron chi connectivity index (χ3n) is 3.60. The zero-order chi connectivity index (χ0) is 14.4. The molecule has 0 aromatic heterocycles. The van der Waals surface area contributed by atoms with E-state index in [1.807, 2.05) is 6.92 Å². The Labute approximate surface area is 112 Å². The Morgan fingerprint density at radius 2 is 1.84 bits per heavy atom. The Balaban J connectivity index is 2.54. The van der Waals surface area contributed by atoms with Crippen LogP contribution >= 0.6 is 0 Å². The lowest BCUT2D eigenvalue weighted by atomic mass is 9.95. The van der Waals surface area contributed by atoms with Crippen molar-refractivity contribution in [3.8, 4) is 0 Å². The first-order valence-electron chi connectivity index (χ1n) is 6.65. The van der Waals surface area contributed by atoms with Gasteiger partial charge in [0.15, 0.2) is 0 Å². The van der Waals surface area contributed by atoms with Crippen LogP contribution in [0.2, 0.25) is 0 Å². The number of hydrogen-bond donors (Lipinski definition) is 2. The number of amides is 1. The molecule has 2 N–H and O–H groups in total. The first-order valence-corrected chi connectivity index (χ1v) is 6.65. The second-order valence-corrected chi connectivity index (χ2v) is 4.82. The standard InChI is InChI=1S/C13H21NO5/c1-3-8-5-9(10(6-8)13(17)18)12(16)14-7-11(15)19-4-2/h8-10H,3-7H2,1-2H3,(H,14,16)(H,17,18). The Bertz CT molecular complexity index is 355. The predicted octanol–water partition coefficient (Wildman–Crippen LogP) is 0.803. The molecule has 0 aromatic rings. The molecule has 6 heteroatoms. The van der Waals surface area contributed by atoms with Crippen molar-refractivity contribution in [1.82, 2.24) is 5.32 Å². The normalized spacial score (nSPS) is 25.9. The number of esters is 1. The number of ether oxygens (including phenoxy) is 1. The van der Waals surface area contributed by atoms with E-state index >= 15 is 0 Å². The molecular formula is C13H21NO5. The monoisotopic (exact) mass is 271 g/mol. The van der Waals surface area contributed by atoms with Gasteiger partial charge in [-0.1, -0.05) is 13.3 Å². The summed E-state index contributed by atoms with van der Waals surface area (Å²) in [6.45, 7) is 3.73. The minimum Gasteiger partial charge on any atom is -0.481 e. The zero-order valence-electron chi connectivity index (χ0n) is 11.3. The highest BCUT2D eigenvalue weighted by Crippen LogP contribution is 2.38. The molecular weight excluding hydrogens is 250 g/mol. The fourth-order valence-corrected chi connectivity index (χ4v) is 2.54. The fourth-order valence-electron chi connectivity index (χ4n) is 2.54. The summed E-state index contributed by atoms with van der Waals surface area (Å²) in [6, 6.07) is 0. The van der Waals surface area contributed by atoms with Crippen LogP contribution in [0.1, 0.15) is 33.1 Å². The van der Waals surface area contributed by atoms with Crippen molar-refractivity contribution in [2.24, 2.45) is 17.8 Å². The van der Waals surface area contributed by atoms with Gasteiger partial charge in [-0.3, -0.25) is 14.4 Å². The summed E-state index contributed by atoms with van der Waals surface area (Å²) in [6.07, 6.45) is 1.97. The molecule has 3 atom stereocenters. The summed E-state index contributed by atoms with van der Waals surface area (Å²) in [5, 5.41) is 11.6. The summed E-state index contributed by atoms with van der Waals surface area (Å²) >= 11 is 0. The number of carboxylic acids is 1. The minimum atomic E-state index is -0.938. The van der Waals surface area contributed by atoms with Crippen LogP contribution in [0.3, 0.4) is 0 Å². The number of carbonyl (C=O) groups excluding carboxylic acids is 2. The van der Waals surface area contributed by atoms with Crippen molar-refractivity contribution >= 4 is 17.8 Å². The largest absolute Gasteiger partial charge is 0.481 e. The Kier molecular flexibility index (Phi) is 5.79. The number of carbonyl (C=O) groups is 3. The van der Waals surface area contributed by atoms with Crippen LogP contribution in [0.25, 0.3) is 0 Å². The molecule has 0 spiro atoms. The lowest BCUT2D eigenvalue weighted by Gasteiger charge is -2.15. The minimum absolute atomic E-state index is 0.202. The topological polar surface area (TPSA) is 92.7 Å². The van der Waals surface area contributed by atoms with E-state index in [0.29, 0.717) is 12.8 Å². The highest BCUT2D eigenvalue weighted by atomic mass is 16.5. The molecule has 1 rings (SSSR count). The summed E-state index contributed by atoms with van der Waals surface area (Å²) in [5.41, 5.74) is 0. The summed E-state index contributed by atoms with van der Waals surface area (Å²) in [5.74, 6) is -2.74. The fraction of sp³-hybridized carbons (Fsp3) is 0.769. The molecule has 6 nitrogen and oxygen atoms in total. The Morgan fingerprint density at radius 3 is 2.37 bits per heavy atom. The summed E-state index contributed by atoms with van der Waals surface area (Å²) < 4.78 is 4.70. The van der Waals surface area contributed by atoms with Crippen LogP contribution in [0.5, 0.6) is 0 Å². The molecule has 1 saturated carbocycles. The Morgan fingerprint density at radius 1 is 1.21 bits per heavy atom. The second kappa shape index (κ2) is 7.11. The maximum absolute atomic E-state index is 11.9. The lowest BCUT2D eigenvalue weighted by Crippen LogP contribution is -2.38. The van der Waals surface area contributed by atoms with Crippen LogP contribution in [0, 0.1) is 17.8 Å². The highest BCUT2D eigenvalue weighted by Gasteiger charge is 2.42. The van der Waals surface area contributed by atoms with E-state index in [1.165, 1.54) is 0 Å². The average molecular weight is 271 g/mol. The van der Waals surface area contributed by atoms with Crippen molar-refractivity contribution < 1.29 is 24.2 Å². The maximum Gasteiger partial charge on any atom is 0.325 e. The first-order chi connectivity index (χ1) is 8.99. The van der Waals surface area contributed by atoms with E-state index in [9.17, 15) is 14.4 Å². The number of hydrogen-bond acceptors (Lipinski definition) is 4. The highest BCUT2D eigenvalue weighted by molar-refractivity contribution is 5.87. The van der Waals surface area contributed by atoms with Gasteiger partial charge in [0.05, 0.1) is 18.4 Å². The van der Waals surface area contributed by atoms with Crippen LogP contribution in [-0.2, 0) is 19.1 Å². The van der Waals surface area contributed by atoms with E-state index in [4.69, 9.17) is 9.84 Å². The quantitative estimate of drug-likeness (QED) is 0.697. The van der Waals surface area contributed by atoms with Gasteiger partial charge in [0, 0.05) is 0 Å².